The SMILES string of the molecule is O=C(NCc1ccco1)N1CCC(Nc2cccnc2)C1. The lowest BCUT2D eigenvalue weighted by molar-refractivity contribution is 0.207. The molecule has 2 aromatic rings. The van der Waals surface area contributed by atoms with Crippen molar-refractivity contribution in [3.05, 3.63) is 48.7 Å². The highest BCUT2D eigenvalue weighted by atomic mass is 16.3. The van der Waals surface area contributed by atoms with Crippen LogP contribution in [0.25, 0.3) is 0 Å². The van der Waals surface area contributed by atoms with Crippen LogP contribution in [0.3, 0.4) is 0 Å². The lowest BCUT2D eigenvalue weighted by Crippen LogP contribution is -2.39. The van der Waals surface area contributed by atoms with E-state index in [4.69, 9.17) is 4.42 Å². The van der Waals surface area contributed by atoms with Crippen LogP contribution in [0.1, 0.15) is 12.2 Å². The molecule has 1 aliphatic rings. The van der Waals surface area contributed by atoms with Gasteiger partial charge in [-0.2, -0.15) is 0 Å². The molecule has 0 spiro atoms. The van der Waals surface area contributed by atoms with Crippen LogP contribution >= 0.6 is 0 Å². The van der Waals surface area contributed by atoms with E-state index in [1.807, 2.05) is 29.2 Å². The number of pyridine rings is 1. The van der Waals surface area contributed by atoms with Crippen LogP contribution in [0.5, 0.6) is 0 Å². The van der Waals surface area contributed by atoms with E-state index in [9.17, 15) is 4.79 Å². The number of amides is 2. The first-order valence-corrected chi connectivity index (χ1v) is 7.03. The molecule has 0 bridgehead atoms. The van der Waals surface area contributed by atoms with Crippen molar-refractivity contribution in [3.63, 3.8) is 0 Å². The maximum atomic E-state index is 12.1. The van der Waals surface area contributed by atoms with Gasteiger partial charge in [0.25, 0.3) is 0 Å². The Kier molecular flexibility index (Phi) is 4.04. The molecule has 1 atom stereocenters. The third-order valence-corrected chi connectivity index (χ3v) is 3.50. The van der Waals surface area contributed by atoms with Crippen LogP contribution in [-0.4, -0.2) is 35.0 Å². The number of rotatable bonds is 4. The van der Waals surface area contributed by atoms with Crippen molar-refractivity contribution in [2.45, 2.75) is 19.0 Å². The van der Waals surface area contributed by atoms with Crippen LogP contribution < -0.4 is 10.6 Å². The molecule has 0 radical (unpaired) electrons. The van der Waals surface area contributed by atoms with E-state index in [1.165, 1.54) is 0 Å². The number of aromatic nitrogens is 1. The maximum Gasteiger partial charge on any atom is 0.317 e. The van der Waals surface area contributed by atoms with Gasteiger partial charge in [0.15, 0.2) is 0 Å². The molecule has 0 aliphatic carbocycles. The number of hydrogen-bond donors (Lipinski definition) is 2. The normalized spacial score (nSPS) is 17.7. The van der Waals surface area contributed by atoms with E-state index in [2.05, 4.69) is 15.6 Å². The zero-order valence-corrected chi connectivity index (χ0v) is 11.7. The van der Waals surface area contributed by atoms with E-state index < -0.39 is 0 Å². The van der Waals surface area contributed by atoms with Crippen LogP contribution in [0, 0.1) is 0 Å². The molecular formula is C15H18N4O2. The number of likely N-dealkylation sites (tertiary alicyclic amines) is 1. The van der Waals surface area contributed by atoms with E-state index >= 15 is 0 Å². The van der Waals surface area contributed by atoms with Crippen molar-refractivity contribution in [2.24, 2.45) is 0 Å². The first-order valence-electron chi connectivity index (χ1n) is 7.03. The van der Waals surface area contributed by atoms with Crippen molar-refractivity contribution in [2.75, 3.05) is 18.4 Å². The molecule has 6 nitrogen and oxygen atoms in total. The Hall–Kier alpha value is -2.50. The number of urea groups is 1. The summed E-state index contributed by atoms with van der Waals surface area (Å²) in [4.78, 5) is 18.0. The zero-order chi connectivity index (χ0) is 14.5. The fourth-order valence-electron chi connectivity index (χ4n) is 2.43. The predicted molar refractivity (Wildman–Crippen MR) is 78.8 cm³/mol. The largest absolute Gasteiger partial charge is 0.467 e. The van der Waals surface area contributed by atoms with Crippen molar-refractivity contribution in [3.8, 4) is 0 Å². The van der Waals surface area contributed by atoms with Gasteiger partial charge < -0.3 is 20.0 Å². The summed E-state index contributed by atoms with van der Waals surface area (Å²) in [7, 11) is 0. The highest BCUT2D eigenvalue weighted by Crippen LogP contribution is 2.15. The minimum atomic E-state index is -0.0538. The summed E-state index contributed by atoms with van der Waals surface area (Å²) in [5.74, 6) is 0.757. The van der Waals surface area contributed by atoms with Crippen molar-refractivity contribution < 1.29 is 9.21 Å². The third-order valence-electron chi connectivity index (χ3n) is 3.50. The second kappa shape index (κ2) is 6.30. The number of carbonyl (C=O) groups is 1. The third kappa shape index (κ3) is 3.53. The molecule has 0 aromatic carbocycles. The fourth-order valence-corrected chi connectivity index (χ4v) is 2.43. The van der Waals surface area contributed by atoms with E-state index in [0.29, 0.717) is 13.1 Å². The molecule has 2 aromatic heterocycles. The number of carbonyl (C=O) groups excluding carboxylic acids is 1. The lowest BCUT2D eigenvalue weighted by Gasteiger charge is -2.18. The first kappa shape index (κ1) is 13.5. The highest BCUT2D eigenvalue weighted by molar-refractivity contribution is 5.74. The van der Waals surface area contributed by atoms with Gasteiger partial charge in [-0.05, 0) is 30.7 Å². The molecule has 3 heterocycles. The molecule has 21 heavy (non-hydrogen) atoms. The number of nitrogens with zero attached hydrogens (tertiary/aromatic N) is 2. The number of nitrogens with one attached hydrogen (secondary N) is 2. The lowest BCUT2D eigenvalue weighted by atomic mass is 10.2. The fraction of sp³-hybridized carbons (Fsp3) is 0.333. The molecule has 2 N–H and O–H groups in total. The molecule has 0 saturated carbocycles. The quantitative estimate of drug-likeness (QED) is 0.902. The Morgan fingerprint density at radius 3 is 3.14 bits per heavy atom. The monoisotopic (exact) mass is 286 g/mol. The first-order chi connectivity index (χ1) is 10.3. The Balaban J connectivity index is 1.46. The van der Waals surface area contributed by atoms with Gasteiger partial charge in [-0.3, -0.25) is 4.98 Å². The van der Waals surface area contributed by atoms with Crippen LogP contribution in [0.15, 0.2) is 47.3 Å². The van der Waals surface area contributed by atoms with E-state index in [-0.39, 0.29) is 12.1 Å². The number of furan rings is 1. The summed E-state index contributed by atoms with van der Waals surface area (Å²) >= 11 is 0. The Labute approximate surface area is 123 Å². The van der Waals surface area contributed by atoms with Gasteiger partial charge in [0, 0.05) is 31.5 Å². The molecule has 2 amide bonds. The van der Waals surface area contributed by atoms with Crippen molar-refractivity contribution in [1.29, 1.82) is 0 Å². The van der Waals surface area contributed by atoms with Gasteiger partial charge in [-0.1, -0.05) is 0 Å². The van der Waals surface area contributed by atoms with Gasteiger partial charge in [0.1, 0.15) is 5.76 Å². The standard InChI is InChI=1S/C15H18N4O2/c20-15(17-10-14-4-2-8-21-14)19-7-5-13(11-19)18-12-3-1-6-16-9-12/h1-4,6,8-9,13,18H,5,7,10-11H2,(H,17,20). The molecular weight excluding hydrogens is 268 g/mol. The maximum absolute atomic E-state index is 12.1. The summed E-state index contributed by atoms with van der Waals surface area (Å²) in [5.41, 5.74) is 0.986. The number of hydrogen-bond acceptors (Lipinski definition) is 4. The minimum absolute atomic E-state index is 0.0538. The zero-order valence-electron chi connectivity index (χ0n) is 11.7. The summed E-state index contributed by atoms with van der Waals surface area (Å²) in [6.07, 6.45) is 6.07. The predicted octanol–water partition coefficient (Wildman–Crippen LogP) is 2.07. The average molecular weight is 286 g/mol. The summed E-state index contributed by atoms with van der Waals surface area (Å²) < 4.78 is 5.19. The molecule has 1 unspecified atom stereocenters. The summed E-state index contributed by atoms with van der Waals surface area (Å²) in [5, 5.41) is 6.26. The number of anilines is 1. The second-order valence-electron chi connectivity index (χ2n) is 5.06. The van der Waals surface area contributed by atoms with Gasteiger partial charge in [0.2, 0.25) is 0 Å². The van der Waals surface area contributed by atoms with Crippen LogP contribution in [0.4, 0.5) is 10.5 Å². The molecule has 6 heteroatoms. The average Bonchev–Trinajstić information content (AvgIpc) is 3.17. The van der Waals surface area contributed by atoms with Crippen LogP contribution in [-0.2, 0) is 6.54 Å². The van der Waals surface area contributed by atoms with Crippen molar-refractivity contribution in [1.82, 2.24) is 15.2 Å². The molecule has 110 valence electrons. The molecule has 3 rings (SSSR count). The molecule has 1 saturated heterocycles. The van der Waals surface area contributed by atoms with E-state index in [1.54, 1.807) is 18.7 Å². The van der Waals surface area contributed by atoms with Gasteiger partial charge in [-0.25, -0.2) is 4.79 Å². The minimum Gasteiger partial charge on any atom is -0.467 e. The van der Waals surface area contributed by atoms with Gasteiger partial charge in [-0.15, -0.1) is 0 Å². The van der Waals surface area contributed by atoms with Gasteiger partial charge in [0.05, 0.1) is 18.5 Å². The van der Waals surface area contributed by atoms with Crippen molar-refractivity contribution >= 4 is 11.7 Å². The van der Waals surface area contributed by atoms with E-state index in [0.717, 1.165) is 24.4 Å². The Morgan fingerprint density at radius 1 is 1.43 bits per heavy atom. The highest BCUT2D eigenvalue weighted by Gasteiger charge is 2.26. The van der Waals surface area contributed by atoms with Crippen LogP contribution in [0.2, 0.25) is 0 Å². The van der Waals surface area contributed by atoms with Gasteiger partial charge >= 0.3 is 6.03 Å². The molecule has 1 fully saturated rings. The Bertz CT molecular complexity index is 571. The Morgan fingerprint density at radius 2 is 2.38 bits per heavy atom. The summed E-state index contributed by atoms with van der Waals surface area (Å²) in [6.45, 7) is 1.86. The topological polar surface area (TPSA) is 70.4 Å². The smallest absolute Gasteiger partial charge is 0.317 e. The molecule has 1 aliphatic heterocycles. The second-order valence-corrected chi connectivity index (χ2v) is 5.06. The summed E-state index contributed by atoms with van der Waals surface area (Å²) in [6, 6.07) is 7.74.